The van der Waals surface area contributed by atoms with Gasteiger partial charge in [0.25, 0.3) is 5.69 Å². The molecule has 21 heavy (non-hydrogen) atoms. The Labute approximate surface area is 122 Å². The molecule has 110 valence electrons. The number of nitrogens with one attached hydrogen (secondary N) is 1. The predicted octanol–water partition coefficient (Wildman–Crippen LogP) is 2.97. The number of hydrogen-bond donors (Lipinski definition) is 2. The first kappa shape index (κ1) is 13.8. The van der Waals surface area contributed by atoms with Gasteiger partial charge in [-0.25, -0.2) is 4.98 Å². The van der Waals surface area contributed by atoms with Gasteiger partial charge in [-0.15, -0.1) is 0 Å². The van der Waals surface area contributed by atoms with Crippen LogP contribution in [-0.2, 0) is 0 Å². The number of aromatic amines is 1. The number of rotatable bonds is 3. The number of aromatic nitrogens is 2. The summed E-state index contributed by atoms with van der Waals surface area (Å²) in [6.45, 7) is 0. The molecule has 1 fully saturated rings. The second-order valence-electron chi connectivity index (χ2n) is 5.57. The van der Waals surface area contributed by atoms with Crippen LogP contribution in [0.3, 0.4) is 0 Å². The lowest BCUT2D eigenvalue weighted by Crippen LogP contribution is -2.26. The number of hydrogen-bond acceptors (Lipinski definition) is 4. The van der Waals surface area contributed by atoms with E-state index in [1.54, 1.807) is 24.4 Å². The number of nitrogens with two attached hydrogens (primary N) is 1. The minimum absolute atomic E-state index is 0.0957. The van der Waals surface area contributed by atoms with Crippen LogP contribution in [0.1, 0.15) is 37.4 Å². The molecular weight excluding hydrogens is 268 g/mol. The number of imidazole rings is 1. The maximum atomic E-state index is 11.1. The van der Waals surface area contributed by atoms with Crippen molar-refractivity contribution in [3.8, 4) is 11.3 Å². The van der Waals surface area contributed by atoms with Gasteiger partial charge in [-0.1, -0.05) is 12.1 Å². The summed E-state index contributed by atoms with van der Waals surface area (Å²) in [5.41, 5.74) is 7.29. The summed E-state index contributed by atoms with van der Waals surface area (Å²) in [7, 11) is 0. The molecule has 1 aromatic carbocycles. The fourth-order valence-corrected chi connectivity index (χ4v) is 2.93. The van der Waals surface area contributed by atoms with Gasteiger partial charge >= 0.3 is 0 Å². The third-order valence-corrected chi connectivity index (χ3v) is 4.14. The summed E-state index contributed by atoms with van der Waals surface area (Å²) in [5, 5.41) is 11.1. The first-order valence-corrected chi connectivity index (χ1v) is 7.19. The first-order valence-electron chi connectivity index (χ1n) is 7.19. The molecule has 2 aromatic rings. The van der Waals surface area contributed by atoms with Crippen molar-refractivity contribution in [3.05, 3.63) is 46.4 Å². The van der Waals surface area contributed by atoms with Crippen LogP contribution < -0.4 is 5.73 Å². The Morgan fingerprint density at radius 3 is 2.67 bits per heavy atom. The molecule has 6 heteroatoms. The van der Waals surface area contributed by atoms with E-state index in [0.29, 0.717) is 23.2 Å². The maximum Gasteiger partial charge on any atom is 0.278 e. The van der Waals surface area contributed by atoms with Crippen molar-refractivity contribution in [1.29, 1.82) is 0 Å². The third-order valence-electron chi connectivity index (χ3n) is 4.14. The van der Waals surface area contributed by atoms with E-state index in [0.717, 1.165) is 31.5 Å². The van der Waals surface area contributed by atoms with Gasteiger partial charge < -0.3 is 10.7 Å². The summed E-state index contributed by atoms with van der Waals surface area (Å²) in [4.78, 5) is 18.4. The van der Waals surface area contributed by atoms with Crippen molar-refractivity contribution in [1.82, 2.24) is 9.97 Å². The van der Waals surface area contributed by atoms with Gasteiger partial charge in [0, 0.05) is 18.0 Å². The lowest BCUT2D eigenvalue weighted by atomic mass is 9.86. The highest BCUT2D eigenvalue weighted by atomic mass is 16.6. The van der Waals surface area contributed by atoms with E-state index in [1.165, 1.54) is 6.07 Å². The maximum absolute atomic E-state index is 11.1. The van der Waals surface area contributed by atoms with Crippen LogP contribution in [0.15, 0.2) is 30.5 Å². The molecule has 0 spiro atoms. The highest BCUT2D eigenvalue weighted by Crippen LogP contribution is 2.33. The molecule has 0 bridgehead atoms. The Kier molecular flexibility index (Phi) is 3.70. The topological polar surface area (TPSA) is 97.8 Å². The van der Waals surface area contributed by atoms with E-state index in [9.17, 15) is 10.1 Å². The first-order chi connectivity index (χ1) is 10.1. The highest BCUT2D eigenvalue weighted by molar-refractivity contribution is 5.70. The molecule has 1 heterocycles. The van der Waals surface area contributed by atoms with Crippen molar-refractivity contribution < 1.29 is 4.92 Å². The molecule has 0 amide bonds. The number of nitro groups is 1. The summed E-state index contributed by atoms with van der Waals surface area (Å²) in [6.07, 6.45) is 5.74. The van der Waals surface area contributed by atoms with Crippen LogP contribution in [0.4, 0.5) is 5.69 Å². The molecule has 0 radical (unpaired) electrons. The van der Waals surface area contributed by atoms with Gasteiger partial charge in [0.2, 0.25) is 0 Å². The van der Waals surface area contributed by atoms with Crippen LogP contribution in [0.25, 0.3) is 11.3 Å². The van der Waals surface area contributed by atoms with Gasteiger partial charge in [-0.3, -0.25) is 10.1 Å². The quantitative estimate of drug-likeness (QED) is 0.669. The van der Waals surface area contributed by atoms with Crippen molar-refractivity contribution in [2.45, 2.75) is 37.6 Å². The van der Waals surface area contributed by atoms with E-state index in [1.807, 2.05) is 0 Å². The van der Waals surface area contributed by atoms with Crippen LogP contribution in [-0.4, -0.2) is 20.9 Å². The van der Waals surface area contributed by atoms with E-state index >= 15 is 0 Å². The normalized spacial score (nSPS) is 22.1. The van der Waals surface area contributed by atoms with Crippen molar-refractivity contribution in [2.75, 3.05) is 0 Å². The molecule has 6 nitrogen and oxygen atoms in total. The molecule has 0 saturated heterocycles. The number of H-pyrrole nitrogens is 1. The summed E-state index contributed by atoms with van der Waals surface area (Å²) >= 11 is 0. The monoisotopic (exact) mass is 286 g/mol. The SMILES string of the molecule is NC1CCC(c2ncc(-c3ccccc3[N+](=O)[O-])[nH]2)CC1. The number of para-hydroxylation sites is 1. The minimum Gasteiger partial charge on any atom is -0.342 e. The molecule has 1 aliphatic rings. The molecule has 1 saturated carbocycles. The summed E-state index contributed by atoms with van der Waals surface area (Å²) in [6, 6.07) is 7.01. The Hall–Kier alpha value is -2.21. The predicted molar refractivity (Wildman–Crippen MR) is 79.9 cm³/mol. The zero-order valence-electron chi connectivity index (χ0n) is 11.7. The van der Waals surface area contributed by atoms with Crippen LogP contribution in [0.5, 0.6) is 0 Å². The number of benzene rings is 1. The number of nitro benzene ring substituents is 1. The van der Waals surface area contributed by atoms with Gasteiger partial charge in [0.1, 0.15) is 5.82 Å². The highest BCUT2D eigenvalue weighted by Gasteiger charge is 2.23. The Bertz CT molecular complexity index is 645. The second kappa shape index (κ2) is 5.65. The van der Waals surface area contributed by atoms with Gasteiger partial charge in [-0.05, 0) is 31.7 Å². The van der Waals surface area contributed by atoms with E-state index in [-0.39, 0.29) is 10.6 Å². The summed E-state index contributed by atoms with van der Waals surface area (Å²) in [5.74, 6) is 1.29. The molecule has 1 aromatic heterocycles. The van der Waals surface area contributed by atoms with Crippen molar-refractivity contribution in [2.24, 2.45) is 5.73 Å². The largest absolute Gasteiger partial charge is 0.342 e. The number of nitrogens with zero attached hydrogens (tertiary/aromatic N) is 2. The zero-order valence-corrected chi connectivity index (χ0v) is 11.7. The average molecular weight is 286 g/mol. The Balaban J connectivity index is 1.87. The summed E-state index contributed by atoms with van der Waals surface area (Å²) < 4.78 is 0. The molecule has 3 N–H and O–H groups in total. The molecule has 0 aliphatic heterocycles. The van der Waals surface area contributed by atoms with Gasteiger partial charge in [0.15, 0.2) is 0 Å². The molecule has 0 unspecified atom stereocenters. The van der Waals surface area contributed by atoms with E-state index in [2.05, 4.69) is 9.97 Å². The molecule has 3 rings (SSSR count). The molecule has 1 aliphatic carbocycles. The fraction of sp³-hybridized carbons (Fsp3) is 0.400. The third kappa shape index (κ3) is 2.80. The van der Waals surface area contributed by atoms with Gasteiger partial charge in [0.05, 0.1) is 22.4 Å². The second-order valence-corrected chi connectivity index (χ2v) is 5.57. The zero-order chi connectivity index (χ0) is 14.8. The minimum atomic E-state index is -0.366. The fourth-order valence-electron chi connectivity index (χ4n) is 2.93. The molecular formula is C15H18N4O2. The van der Waals surface area contributed by atoms with Crippen LogP contribution in [0.2, 0.25) is 0 Å². The van der Waals surface area contributed by atoms with Crippen molar-refractivity contribution in [3.63, 3.8) is 0 Å². The average Bonchev–Trinajstić information content (AvgIpc) is 2.97. The smallest absolute Gasteiger partial charge is 0.278 e. The standard InChI is InChI=1S/C15H18N4O2/c16-11-7-5-10(6-8-11)15-17-9-13(18-15)12-3-1-2-4-14(12)19(20)21/h1-4,9-11H,5-8,16H2,(H,17,18). The van der Waals surface area contributed by atoms with E-state index < -0.39 is 0 Å². The van der Waals surface area contributed by atoms with Gasteiger partial charge in [-0.2, -0.15) is 0 Å². The van der Waals surface area contributed by atoms with Crippen LogP contribution in [0, 0.1) is 10.1 Å². The lowest BCUT2D eigenvalue weighted by Gasteiger charge is -2.24. The van der Waals surface area contributed by atoms with Crippen LogP contribution >= 0.6 is 0 Å². The molecule has 0 atom stereocenters. The van der Waals surface area contributed by atoms with E-state index in [4.69, 9.17) is 5.73 Å². The Morgan fingerprint density at radius 2 is 1.95 bits per heavy atom. The Morgan fingerprint density at radius 1 is 1.24 bits per heavy atom. The lowest BCUT2D eigenvalue weighted by molar-refractivity contribution is -0.384. The van der Waals surface area contributed by atoms with Crippen molar-refractivity contribution >= 4 is 5.69 Å².